The van der Waals surface area contributed by atoms with E-state index in [0.717, 1.165) is 11.6 Å². The van der Waals surface area contributed by atoms with Crippen molar-refractivity contribution in [1.82, 2.24) is 4.98 Å². The summed E-state index contributed by atoms with van der Waals surface area (Å²) in [7, 11) is 0. The van der Waals surface area contributed by atoms with E-state index in [9.17, 15) is 23.1 Å². The second-order valence-electron chi connectivity index (χ2n) is 7.57. The number of pyridine rings is 1. The van der Waals surface area contributed by atoms with Gasteiger partial charge in [0.25, 0.3) is 0 Å². The summed E-state index contributed by atoms with van der Waals surface area (Å²) < 4.78 is 51.4. The quantitative estimate of drug-likeness (QED) is 0.282. The number of hydrogen-bond donors (Lipinski definition) is 1. The number of hydrogen-bond acceptors (Lipinski definition) is 5. The van der Waals surface area contributed by atoms with Crippen molar-refractivity contribution in [3.05, 3.63) is 89.6 Å². The van der Waals surface area contributed by atoms with Gasteiger partial charge in [-0.3, -0.25) is 9.78 Å². The third kappa shape index (κ3) is 5.02. The van der Waals surface area contributed by atoms with Crippen LogP contribution in [0.3, 0.4) is 0 Å². The van der Waals surface area contributed by atoms with Crippen LogP contribution in [0.25, 0.3) is 22.0 Å². The Hall–Kier alpha value is -3.91. The maximum Gasteiger partial charge on any atom is 0.418 e. The number of fused-ring (bicyclic) bond motifs is 1. The SMILES string of the molecule is CC(=O)Oc1ccc(COc2cccc(-c3c(CO)cnc4c(C(F)(F)F)cccc34)c2)cc1. The molecule has 0 saturated heterocycles. The molecule has 0 aliphatic heterocycles. The lowest BCUT2D eigenvalue weighted by Crippen LogP contribution is -2.07. The minimum Gasteiger partial charge on any atom is -0.489 e. The van der Waals surface area contributed by atoms with Gasteiger partial charge < -0.3 is 14.6 Å². The first-order valence-corrected chi connectivity index (χ1v) is 10.4. The van der Waals surface area contributed by atoms with E-state index in [-0.39, 0.29) is 18.7 Å². The molecule has 0 spiro atoms. The molecule has 4 rings (SSSR count). The Balaban J connectivity index is 1.66. The lowest BCUT2D eigenvalue weighted by molar-refractivity contribution is -0.136. The van der Waals surface area contributed by atoms with E-state index < -0.39 is 17.7 Å². The summed E-state index contributed by atoms with van der Waals surface area (Å²) in [6, 6.07) is 17.6. The minimum atomic E-state index is -4.56. The van der Waals surface area contributed by atoms with E-state index in [1.165, 1.54) is 19.2 Å². The van der Waals surface area contributed by atoms with Crippen LogP contribution >= 0.6 is 0 Å². The number of benzene rings is 3. The van der Waals surface area contributed by atoms with Gasteiger partial charge in [-0.15, -0.1) is 0 Å². The average molecular weight is 467 g/mol. The van der Waals surface area contributed by atoms with Crippen molar-refractivity contribution in [2.45, 2.75) is 26.3 Å². The van der Waals surface area contributed by atoms with Crippen LogP contribution in [0, 0.1) is 0 Å². The van der Waals surface area contributed by atoms with Gasteiger partial charge in [-0.05, 0) is 47.0 Å². The van der Waals surface area contributed by atoms with Gasteiger partial charge in [0, 0.05) is 24.1 Å². The molecule has 0 amide bonds. The Labute approximate surface area is 193 Å². The standard InChI is InChI=1S/C26H20F3NO4/c1-16(32)34-20-10-8-17(9-11-20)15-33-21-5-2-4-18(12-21)24-19(14-31)13-30-25-22(24)6-3-7-23(25)26(27,28)29/h2-13,31H,14-15H2,1H3. The van der Waals surface area contributed by atoms with E-state index in [0.29, 0.717) is 33.6 Å². The summed E-state index contributed by atoms with van der Waals surface area (Å²) in [5.41, 5.74) is 1.29. The van der Waals surface area contributed by atoms with Crippen LogP contribution in [0.15, 0.2) is 72.9 Å². The molecule has 174 valence electrons. The van der Waals surface area contributed by atoms with Crippen LogP contribution in [0.1, 0.15) is 23.6 Å². The monoisotopic (exact) mass is 467 g/mol. The lowest BCUT2D eigenvalue weighted by atomic mass is 9.95. The fourth-order valence-corrected chi connectivity index (χ4v) is 3.68. The third-order valence-electron chi connectivity index (χ3n) is 5.16. The number of para-hydroxylation sites is 1. The fourth-order valence-electron chi connectivity index (χ4n) is 3.68. The van der Waals surface area contributed by atoms with Crippen molar-refractivity contribution in [1.29, 1.82) is 0 Å². The first-order chi connectivity index (χ1) is 16.3. The summed E-state index contributed by atoms with van der Waals surface area (Å²) in [6.07, 6.45) is -3.29. The normalized spacial score (nSPS) is 11.4. The van der Waals surface area contributed by atoms with Gasteiger partial charge in [-0.1, -0.05) is 36.4 Å². The Morgan fingerprint density at radius 3 is 2.41 bits per heavy atom. The maximum atomic E-state index is 13.5. The van der Waals surface area contributed by atoms with E-state index in [1.807, 2.05) is 0 Å². The van der Waals surface area contributed by atoms with E-state index in [4.69, 9.17) is 9.47 Å². The van der Waals surface area contributed by atoms with Crippen LogP contribution in [0.4, 0.5) is 13.2 Å². The van der Waals surface area contributed by atoms with Crippen molar-refractivity contribution < 1.29 is 32.5 Å². The molecular weight excluding hydrogens is 447 g/mol. The Bertz CT molecular complexity index is 1330. The molecular formula is C26H20F3NO4. The smallest absolute Gasteiger partial charge is 0.418 e. The van der Waals surface area contributed by atoms with Gasteiger partial charge in [0.2, 0.25) is 0 Å². The number of nitrogens with zero attached hydrogens (tertiary/aromatic N) is 1. The zero-order valence-corrected chi connectivity index (χ0v) is 18.1. The van der Waals surface area contributed by atoms with Crippen LogP contribution in [0.5, 0.6) is 11.5 Å². The van der Waals surface area contributed by atoms with Crippen LogP contribution < -0.4 is 9.47 Å². The number of aliphatic hydroxyl groups is 1. The highest BCUT2D eigenvalue weighted by atomic mass is 19.4. The van der Waals surface area contributed by atoms with Crippen molar-refractivity contribution in [3.63, 3.8) is 0 Å². The highest BCUT2D eigenvalue weighted by Crippen LogP contribution is 2.39. The summed E-state index contributed by atoms with van der Waals surface area (Å²) >= 11 is 0. The second kappa shape index (κ2) is 9.52. The van der Waals surface area contributed by atoms with E-state index >= 15 is 0 Å². The molecule has 34 heavy (non-hydrogen) atoms. The number of ether oxygens (including phenoxy) is 2. The molecule has 0 bridgehead atoms. The second-order valence-corrected chi connectivity index (χ2v) is 7.57. The summed E-state index contributed by atoms with van der Waals surface area (Å²) in [5.74, 6) is 0.522. The summed E-state index contributed by atoms with van der Waals surface area (Å²) in [5, 5.41) is 10.1. The van der Waals surface area contributed by atoms with Crippen molar-refractivity contribution in [2.24, 2.45) is 0 Å². The third-order valence-corrected chi connectivity index (χ3v) is 5.16. The van der Waals surface area contributed by atoms with Gasteiger partial charge in [0.1, 0.15) is 18.1 Å². The molecule has 0 fully saturated rings. The molecule has 5 nitrogen and oxygen atoms in total. The Morgan fingerprint density at radius 1 is 1.00 bits per heavy atom. The lowest BCUT2D eigenvalue weighted by Gasteiger charge is -2.16. The van der Waals surface area contributed by atoms with Gasteiger partial charge in [-0.2, -0.15) is 13.2 Å². The topological polar surface area (TPSA) is 68.7 Å². The molecule has 0 unspecified atom stereocenters. The Morgan fingerprint density at radius 2 is 1.74 bits per heavy atom. The van der Waals surface area contributed by atoms with E-state index in [1.54, 1.807) is 54.6 Å². The molecule has 8 heteroatoms. The summed E-state index contributed by atoms with van der Waals surface area (Å²) in [6.45, 7) is 1.17. The zero-order valence-electron chi connectivity index (χ0n) is 18.1. The molecule has 1 N–H and O–H groups in total. The number of aliphatic hydroxyl groups excluding tert-OH is 1. The number of alkyl halides is 3. The van der Waals surface area contributed by atoms with Gasteiger partial charge >= 0.3 is 12.1 Å². The predicted molar refractivity (Wildman–Crippen MR) is 120 cm³/mol. The highest BCUT2D eigenvalue weighted by molar-refractivity contribution is 5.97. The number of esters is 1. The van der Waals surface area contributed by atoms with Crippen molar-refractivity contribution >= 4 is 16.9 Å². The summed E-state index contributed by atoms with van der Waals surface area (Å²) in [4.78, 5) is 15.0. The first kappa shape index (κ1) is 23.3. The molecule has 0 aliphatic carbocycles. The number of halogens is 3. The molecule has 4 aromatic rings. The number of carbonyl (C=O) groups is 1. The van der Waals surface area contributed by atoms with Gasteiger partial charge in [0.15, 0.2) is 0 Å². The van der Waals surface area contributed by atoms with Crippen molar-refractivity contribution in [2.75, 3.05) is 0 Å². The fraction of sp³-hybridized carbons (Fsp3) is 0.154. The molecule has 0 atom stereocenters. The van der Waals surface area contributed by atoms with E-state index in [2.05, 4.69) is 4.98 Å². The zero-order chi connectivity index (χ0) is 24.3. The molecule has 0 saturated carbocycles. The molecule has 3 aromatic carbocycles. The van der Waals surface area contributed by atoms with Crippen molar-refractivity contribution in [3.8, 4) is 22.6 Å². The average Bonchev–Trinajstić information content (AvgIpc) is 2.81. The largest absolute Gasteiger partial charge is 0.489 e. The molecule has 1 heterocycles. The predicted octanol–water partition coefficient (Wildman–Crippen LogP) is 5.92. The van der Waals surface area contributed by atoms with Gasteiger partial charge in [0.05, 0.1) is 17.7 Å². The number of rotatable bonds is 6. The molecule has 1 aromatic heterocycles. The number of carbonyl (C=O) groups excluding carboxylic acids is 1. The molecule has 0 radical (unpaired) electrons. The maximum absolute atomic E-state index is 13.5. The highest BCUT2D eigenvalue weighted by Gasteiger charge is 2.33. The minimum absolute atomic E-state index is 0.179. The Kier molecular flexibility index (Phi) is 6.51. The first-order valence-electron chi connectivity index (χ1n) is 10.4. The molecule has 0 aliphatic rings. The van der Waals surface area contributed by atoms with Crippen LogP contribution in [-0.2, 0) is 24.2 Å². The van der Waals surface area contributed by atoms with Crippen LogP contribution in [0.2, 0.25) is 0 Å². The number of aromatic nitrogens is 1. The van der Waals surface area contributed by atoms with Gasteiger partial charge in [-0.25, -0.2) is 0 Å². The van der Waals surface area contributed by atoms with Crippen LogP contribution in [-0.4, -0.2) is 16.1 Å².